The Hall–Kier alpha value is -3.19. The molecule has 0 radical (unpaired) electrons. The minimum atomic E-state index is -0.0135. The molecule has 1 aromatic heterocycles. The van der Waals surface area contributed by atoms with Gasteiger partial charge in [0.25, 0.3) is 5.91 Å². The quantitative estimate of drug-likeness (QED) is 0.575. The van der Waals surface area contributed by atoms with E-state index in [1.807, 2.05) is 36.9 Å². The molecule has 0 aliphatic carbocycles. The van der Waals surface area contributed by atoms with Gasteiger partial charge in [0.05, 0.1) is 0 Å². The molecule has 0 unspecified atom stereocenters. The molecule has 2 aliphatic heterocycles. The number of nitrogens with one attached hydrogen (secondary N) is 1. The highest BCUT2D eigenvalue weighted by molar-refractivity contribution is 5.97. The number of ether oxygens (including phenoxy) is 1. The van der Waals surface area contributed by atoms with Crippen LogP contribution in [0.5, 0.6) is 0 Å². The van der Waals surface area contributed by atoms with Crippen molar-refractivity contribution < 1.29 is 9.53 Å². The predicted molar refractivity (Wildman–Crippen MR) is 128 cm³/mol. The maximum absolute atomic E-state index is 13.5. The fraction of sp³-hybridized carbons (Fsp3) is 0.423. The lowest BCUT2D eigenvalue weighted by molar-refractivity contribution is 0.0712. The number of hydrogen-bond acceptors (Lipinski definition) is 5. The zero-order chi connectivity index (χ0) is 22.9. The van der Waals surface area contributed by atoms with Crippen molar-refractivity contribution in [1.29, 1.82) is 0 Å². The molecule has 2 fully saturated rings. The highest BCUT2D eigenvalue weighted by Gasteiger charge is 2.27. The van der Waals surface area contributed by atoms with Crippen molar-refractivity contribution in [2.24, 2.45) is 0 Å². The second-order valence-corrected chi connectivity index (χ2v) is 9.28. The SMILES string of the molecule is Cc1cc(C)c(-c2nnc([C@@H]3CCCO3)[nH]2)cc1C(=O)N1CCC(c2ccc(N)cc2)CC1. The van der Waals surface area contributed by atoms with E-state index in [0.29, 0.717) is 11.7 Å². The van der Waals surface area contributed by atoms with Crippen molar-refractivity contribution in [3.63, 3.8) is 0 Å². The Labute approximate surface area is 194 Å². The largest absolute Gasteiger partial charge is 0.399 e. The van der Waals surface area contributed by atoms with Crippen LogP contribution in [0.4, 0.5) is 5.69 Å². The van der Waals surface area contributed by atoms with Gasteiger partial charge in [-0.3, -0.25) is 4.79 Å². The van der Waals surface area contributed by atoms with Crippen LogP contribution in [0.1, 0.15) is 70.6 Å². The summed E-state index contributed by atoms with van der Waals surface area (Å²) < 4.78 is 5.72. The summed E-state index contributed by atoms with van der Waals surface area (Å²) in [5, 5.41) is 8.68. The molecule has 2 aromatic carbocycles. The Kier molecular flexibility index (Phi) is 5.89. The molecule has 2 saturated heterocycles. The van der Waals surface area contributed by atoms with E-state index in [1.165, 1.54) is 5.56 Å². The lowest BCUT2D eigenvalue weighted by Gasteiger charge is -2.32. The number of likely N-dealkylation sites (tertiary alicyclic amines) is 1. The lowest BCUT2D eigenvalue weighted by atomic mass is 9.89. The smallest absolute Gasteiger partial charge is 0.254 e. The Balaban J connectivity index is 1.33. The van der Waals surface area contributed by atoms with Crippen LogP contribution < -0.4 is 5.73 Å². The number of anilines is 1. The Morgan fingerprint density at radius 1 is 1.06 bits per heavy atom. The molecule has 5 rings (SSSR count). The van der Waals surface area contributed by atoms with Crippen molar-refractivity contribution in [2.75, 3.05) is 25.4 Å². The molecule has 0 saturated carbocycles. The number of amides is 1. The van der Waals surface area contributed by atoms with E-state index in [1.54, 1.807) is 0 Å². The van der Waals surface area contributed by atoms with E-state index in [-0.39, 0.29) is 12.0 Å². The van der Waals surface area contributed by atoms with Gasteiger partial charge < -0.3 is 20.4 Å². The van der Waals surface area contributed by atoms with Gasteiger partial charge >= 0.3 is 0 Å². The normalized spacial score (nSPS) is 19.2. The third-order valence-corrected chi connectivity index (χ3v) is 6.99. The number of piperidine rings is 1. The fourth-order valence-electron chi connectivity index (χ4n) is 5.03. The number of benzene rings is 2. The topological polar surface area (TPSA) is 97.1 Å². The van der Waals surface area contributed by atoms with Crippen LogP contribution in [-0.2, 0) is 4.74 Å². The summed E-state index contributed by atoms with van der Waals surface area (Å²) in [5.74, 6) is 2.01. The number of carbonyl (C=O) groups is 1. The Morgan fingerprint density at radius 2 is 1.82 bits per heavy atom. The van der Waals surface area contributed by atoms with Gasteiger partial charge in [0.15, 0.2) is 11.6 Å². The van der Waals surface area contributed by atoms with Crippen LogP contribution >= 0.6 is 0 Å². The highest BCUT2D eigenvalue weighted by atomic mass is 16.5. The van der Waals surface area contributed by atoms with Gasteiger partial charge in [-0.2, -0.15) is 0 Å². The van der Waals surface area contributed by atoms with Crippen molar-refractivity contribution in [1.82, 2.24) is 20.1 Å². The number of H-pyrrole nitrogens is 1. The molecule has 1 amide bonds. The number of nitrogens with two attached hydrogens (primary N) is 1. The summed E-state index contributed by atoms with van der Waals surface area (Å²) in [6.45, 7) is 6.31. The van der Waals surface area contributed by atoms with Crippen LogP contribution in [0.25, 0.3) is 11.4 Å². The molecular weight excluding hydrogens is 414 g/mol. The summed E-state index contributed by atoms with van der Waals surface area (Å²) in [4.78, 5) is 18.8. The monoisotopic (exact) mass is 445 g/mol. The average molecular weight is 446 g/mol. The molecule has 0 spiro atoms. The molecule has 7 heteroatoms. The van der Waals surface area contributed by atoms with Crippen LogP contribution in [0.2, 0.25) is 0 Å². The Bertz CT molecular complexity index is 1140. The van der Waals surface area contributed by atoms with Crippen LogP contribution in [0.3, 0.4) is 0 Å². The average Bonchev–Trinajstić information content (AvgIpc) is 3.52. The lowest BCUT2D eigenvalue weighted by Crippen LogP contribution is -2.38. The molecular formula is C26H31N5O2. The number of rotatable bonds is 4. The number of carbonyl (C=O) groups excluding carboxylic acids is 1. The number of aryl methyl sites for hydroxylation is 2. The summed E-state index contributed by atoms with van der Waals surface area (Å²) in [6.07, 6.45) is 3.90. The third kappa shape index (κ3) is 4.37. The number of aromatic nitrogens is 3. The zero-order valence-electron chi connectivity index (χ0n) is 19.3. The Morgan fingerprint density at radius 3 is 2.52 bits per heavy atom. The van der Waals surface area contributed by atoms with E-state index < -0.39 is 0 Å². The number of nitrogen functional groups attached to an aromatic ring is 1. The second kappa shape index (κ2) is 8.98. The maximum atomic E-state index is 13.5. The number of nitrogens with zero attached hydrogens (tertiary/aromatic N) is 3. The van der Waals surface area contributed by atoms with Gasteiger partial charge in [0.1, 0.15) is 6.10 Å². The highest BCUT2D eigenvalue weighted by Crippen LogP contribution is 2.32. The minimum Gasteiger partial charge on any atom is -0.399 e. The van der Waals surface area contributed by atoms with E-state index in [0.717, 1.165) is 79.1 Å². The van der Waals surface area contributed by atoms with E-state index in [9.17, 15) is 4.79 Å². The molecule has 3 N–H and O–H groups in total. The first-order valence-corrected chi connectivity index (χ1v) is 11.8. The van der Waals surface area contributed by atoms with Crippen molar-refractivity contribution in [3.8, 4) is 11.4 Å². The van der Waals surface area contributed by atoms with Crippen LogP contribution in [0, 0.1) is 13.8 Å². The van der Waals surface area contributed by atoms with Crippen LogP contribution in [-0.4, -0.2) is 45.7 Å². The summed E-state index contributed by atoms with van der Waals surface area (Å²) >= 11 is 0. The summed E-state index contributed by atoms with van der Waals surface area (Å²) in [5.41, 5.74) is 11.6. The summed E-state index contributed by atoms with van der Waals surface area (Å²) in [6, 6.07) is 12.2. The van der Waals surface area contributed by atoms with E-state index in [4.69, 9.17) is 10.5 Å². The van der Waals surface area contributed by atoms with Gasteiger partial charge in [-0.25, -0.2) is 0 Å². The number of aromatic amines is 1. The van der Waals surface area contributed by atoms with E-state index >= 15 is 0 Å². The van der Waals surface area contributed by atoms with Crippen LogP contribution in [0.15, 0.2) is 36.4 Å². The van der Waals surface area contributed by atoms with Crippen molar-refractivity contribution in [3.05, 3.63) is 64.5 Å². The van der Waals surface area contributed by atoms with Gasteiger partial charge in [-0.15, -0.1) is 10.2 Å². The molecule has 0 bridgehead atoms. The molecule has 33 heavy (non-hydrogen) atoms. The maximum Gasteiger partial charge on any atom is 0.254 e. The first kappa shape index (κ1) is 21.6. The first-order chi connectivity index (χ1) is 16.0. The second-order valence-electron chi connectivity index (χ2n) is 9.28. The zero-order valence-corrected chi connectivity index (χ0v) is 19.3. The first-order valence-electron chi connectivity index (χ1n) is 11.8. The van der Waals surface area contributed by atoms with Gasteiger partial charge in [-0.1, -0.05) is 18.2 Å². The van der Waals surface area contributed by atoms with Gasteiger partial charge in [-0.05, 0) is 80.3 Å². The third-order valence-electron chi connectivity index (χ3n) is 6.99. The molecule has 1 atom stereocenters. The van der Waals surface area contributed by atoms with Gasteiger partial charge in [0, 0.05) is 36.5 Å². The molecule has 3 aromatic rings. The van der Waals surface area contributed by atoms with Gasteiger partial charge in [0.2, 0.25) is 0 Å². The molecule has 7 nitrogen and oxygen atoms in total. The predicted octanol–water partition coefficient (Wildman–Crippen LogP) is 4.54. The minimum absolute atomic E-state index is 0.0135. The number of hydrogen-bond donors (Lipinski definition) is 2. The van der Waals surface area contributed by atoms with E-state index in [2.05, 4.69) is 33.4 Å². The van der Waals surface area contributed by atoms with Crippen molar-refractivity contribution >= 4 is 11.6 Å². The van der Waals surface area contributed by atoms with Crippen molar-refractivity contribution in [2.45, 2.75) is 51.6 Å². The molecule has 172 valence electrons. The molecule has 3 heterocycles. The fourth-order valence-corrected chi connectivity index (χ4v) is 5.03. The standard InChI is InChI=1S/C26H31N5O2/c1-16-14-17(2)22(15-21(16)24-28-25(30-29-24)23-4-3-13-33-23)26(32)31-11-9-19(10-12-31)18-5-7-20(27)8-6-18/h5-8,14-15,19,23H,3-4,9-13,27H2,1-2H3,(H,28,29,30)/t23-/m0/s1. The molecule has 2 aliphatic rings. The summed E-state index contributed by atoms with van der Waals surface area (Å²) in [7, 11) is 0.